The third-order valence-corrected chi connectivity index (χ3v) is 6.85. The number of amides is 2. The van der Waals surface area contributed by atoms with Crippen molar-refractivity contribution in [1.29, 1.82) is 0 Å². The van der Waals surface area contributed by atoms with Crippen LogP contribution < -0.4 is 24.5 Å². The number of nitrogens with one attached hydrogen (secondary N) is 2. The molecule has 0 bridgehead atoms. The maximum absolute atomic E-state index is 13.4. The summed E-state index contributed by atoms with van der Waals surface area (Å²) in [5.74, 6) is 0.0950. The van der Waals surface area contributed by atoms with Crippen LogP contribution in [0.2, 0.25) is 0 Å². The summed E-state index contributed by atoms with van der Waals surface area (Å²) in [7, 11) is -2.58. The van der Waals surface area contributed by atoms with Crippen LogP contribution in [-0.2, 0) is 19.6 Å². The molecule has 0 unspecified atom stereocenters. The van der Waals surface area contributed by atoms with E-state index in [0.29, 0.717) is 17.1 Å². The third-order valence-electron chi connectivity index (χ3n) is 5.06. The van der Waals surface area contributed by atoms with E-state index in [1.807, 2.05) is 13.8 Å². The van der Waals surface area contributed by atoms with Gasteiger partial charge in [0.25, 0.3) is 21.8 Å². The van der Waals surface area contributed by atoms with Gasteiger partial charge in [0.05, 0.1) is 23.9 Å². The van der Waals surface area contributed by atoms with E-state index in [-0.39, 0.29) is 29.1 Å². The zero-order valence-electron chi connectivity index (χ0n) is 21.3. The van der Waals surface area contributed by atoms with E-state index < -0.39 is 22.5 Å². The number of sulfonamides is 1. The molecule has 3 aromatic rings. The van der Waals surface area contributed by atoms with Gasteiger partial charge in [0, 0.05) is 12.1 Å². The van der Waals surface area contributed by atoms with Gasteiger partial charge >= 0.3 is 0 Å². The van der Waals surface area contributed by atoms with Gasteiger partial charge in [-0.05, 0) is 67.9 Å². The second-order valence-corrected chi connectivity index (χ2v) is 10.3. The Bertz CT molecular complexity index is 1360. The van der Waals surface area contributed by atoms with Crippen LogP contribution in [0.4, 0.5) is 5.69 Å². The standard InChI is InChI=1S/C27H30N4O6S/c1-20(2)29-27(33)19-37-23-14-12-21(13-15-23)17-28-30-26(32)18-31(22-8-7-9-24(16-22)36-3)38(34,35)25-10-5-4-6-11-25/h4-17,20H,18-19H2,1-3H3,(H,29,33)(H,30,32)/b28-17-. The molecular weight excluding hydrogens is 508 g/mol. The Morgan fingerprint density at radius 2 is 1.66 bits per heavy atom. The van der Waals surface area contributed by atoms with Crippen molar-refractivity contribution in [2.75, 3.05) is 24.6 Å². The average Bonchev–Trinajstić information content (AvgIpc) is 2.91. The van der Waals surface area contributed by atoms with E-state index in [1.165, 1.54) is 31.5 Å². The molecule has 11 heteroatoms. The number of carbonyl (C=O) groups excluding carboxylic acids is 2. The van der Waals surface area contributed by atoms with E-state index >= 15 is 0 Å². The van der Waals surface area contributed by atoms with Gasteiger partial charge in [-0.15, -0.1) is 0 Å². The third kappa shape index (κ3) is 8.07. The Morgan fingerprint density at radius 3 is 2.32 bits per heavy atom. The maximum atomic E-state index is 13.4. The van der Waals surface area contributed by atoms with E-state index in [0.717, 1.165) is 4.31 Å². The largest absolute Gasteiger partial charge is 0.497 e. The summed E-state index contributed by atoms with van der Waals surface area (Å²) in [6.07, 6.45) is 1.41. The Hall–Kier alpha value is -4.38. The number of benzene rings is 3. The zero-order chi connectivity index (χ0) is 27.5. The summed E-state index contributed by atoms with van der Waals surface area (Å²) in [5, 5.41) is 6.68. The highest BCUT2D eigenvalue weighted by Gasteiger charge is 2.27. The van der Waals surface area contributed by atoms with Gasteiger partial charge < -0.3 is 14.8 Å². The second kappa shape index (κ2) is 13.2. The number of hydrogen-bond acceptors (Lipinski definition) is 7. The lowest BCUT2D eigenvalue weighted by molar-refractivity contribution is -0.123. The van der Waals surface area contributed by atoms with Gasteiger partial charge in [-0.2, -0.15) is 5.10 Å². The molecule has 0 saturated carbocycles. The second-order valence-electron chi connectivity index (χ2n) is 8.40. The zero-order valence-corrected chi connectivity index (χ0v) is 22.1. The van der Waals surface area contributed by atoms with Crippen molar-refractivity contribution in [3.63, 3.8) is 0 Å². The summed E-state index contributed by atoms with van der Waals surface area (Å²) >= 11 is 0. The van der Waals surface area contributed by atoms with Crippen LogP contribution in [0.5, 0.6) is 11.5 Å². The van der Waals surface area contributed by atoms with Crippen LogP contribution in [-0.4, -0.2) is 52.8 Å². The summed E-state index contributed by atoms with van der Waals surface area (Å²) in [6.45, 7) is 3.12. The first kappa shape index (κ1) is 28.2. The molecule has 0 fully saturated rings. The van der Waals surface area contributed by atoms with Crippen LogP contribution in [0.25, 0.3) is 0 Å². The predicted molar refractivity (Wildman–Crippen MR) is 145 cm³/mol. The number of hydrogen-bond donors (Lipinski definition) is 2. The molecule has 10 nitrogen and oxygen atoms in total. The number of hydrazone groups is 1. The summed E-state index contributed by atoms with van der Waals surface area (Å²) < 4.78 is 38.4. The maximum Gasteiger partial charge on any atom is 0.264 e. The Kier molecular flexibility index (Phi) is 9.83. The molecule has 2 N–H and O–H groups in total. The summed E-state index contributed by atoms with van der Waals surface area (Å²) in [6, 6.07) is 21.1. The summed E-state index contributed by atoms with van der Waals surface area (Å²) in [5.41, 5.74) is 3.29. The van der Waals surface area contributed by atoms with Crippen LogP contribution >= 0.6 is 0 Å². The fourth-order valence-corrected chi connectivity index (χ4v) is 4.74. The fourth-order valence-electron chi connectivity index (χ4n) is 3.31. The lowest BCUT2D eigenvalue weighted by Gasteiger charge is -2.24. The van der Waals surface area contributed by atoms with Crippen molar-refractivity contribution in [3.8, 4) is 11.5 Å². The minimum atomic E-state index is -4.05. The van der Waals surface area contributed by atoms with Gasteiger partial charge in [0.2, 0.25) is 0 Å². The molecule has 3 aromatic carbocycles. The summed E-state index contributed by atoms with van der Waals surface area (Å²) in [4.78, 5) is 24.4. The number of methoxy groups -OCH3 is 1. The molecule has 0 aliphatic rings. The highest BCUT2D eigenvalue weighted by atomic mass is 32.2. The molecule has 0 heterocycles. The molecular formula is C27H30N4O6S. The Morgan fingerprint density at radius 1 is 0.947 bits per heavy atom. The lowest BCUT2D eigenvalue weighted by Crippen LogP contribution is -2.39. The highest BCUT2D eigenvalue weighted by molar-refractivity contribution is 7.92. The van der Waals surface area contributed by atoms with Gasteiger partial charge in [-0.1, -0.05) is 24.3 Å². The number of ether oxygens (including phenoxy) is 2. The van der Waals surface area contributed by atoms with E-state index in [9.17, 15) is 18.0 Å². The Labute approximate surface area is 222 Å². The van der Waals surface area contributed by atoms with Gasteiger partial charge in [0.15, 0.2) is 6.61 Å². The van der Waals surface area contributed by atoms with Crippen molar-refractivity contribution in [2.24, 2.45) is 5.10 Å². The average molecular weight is 539 g/mol. The molecule has 0 aliphatic carbocycles. The van der Waals surface area contributed by atoms with Crippen molar-refractivity contribution in [1.82, 2.24) is 10.7 Å². The van der Waals surface area contributed by atoms with Crippen LogP contribution in [0.3, 0.4) is 0 Å². The topological polar surface area (TPSA) is 126 Å². The minimum absolute atomic E-state index is 0.0287. The van der Waals surface area contributed by atoms with Crippen molar-refractivity contribution >= 4 is 33.7 Å². The predicted octanol–water partition coefficient (Wildman–Crippen LogP) is 2.94. The first-order valence-electron chi connectivity index (χ1n) is 11.7. The molecule has 2 amide bonds. The van der Waals surface area contributed by atoms with E-state index in [2.05, 4.69) is 15.8 Å². The number of rotatable bonds is 12. The number of nitrogens with zero attached hydrogens (tertiary/aromatic N) is 2. The van der Waals surface area contributed by atoms with Crippen LogP contribution in [0.15, 0.2) is 88.9 Å². The molecule has 3 rings (SSSR count). The van der Waals surface area contributed by atoms with Crippen LogP contribution in [0.1, 0.15) is 19.4 Å². The number of anilines is 1. The highest BCUT2D eigenvalue weighted by Crippen LogP contribution is 2.26. The normalized spacial score (nSPS) is 11.3. The molecule has 0 atom stereocenters. The molecule has 0 aliphatic heterocycles. The smallest absolute Gasteiger partial charge is 0.264 e. The van der Waals surface area contributed by atoms with E-state index in [4.69, 9.17) is 9.47 Å². The first-order chi connectivity index (χ1) is 18.2. The lowest BCUT2D eigenvalue weighted by atomic mass is 10.2. The molecule has 0 saturated heterocycles. The molecule has 38 heavy (non-hydrogen) atoms. The quantitative estimate of drug-likeness (QED) is 0.270. The molecule has 0 spiro atoms. The monoisotopic (exact) mass is 538 g/mol. The Balaban J connectivity index is 1.67. The van der Waals surface area contributed by atoms with Gasteiger partial charge in [-0.3, -0.25) is 13.9 Å². The van der Waals surface area contributed by atoms with Crippen molar-refractivity contribution < 1.29 is 27.5 Å². The molecule has 200 valence electrons. The van der Waals surface area contributed by atoms with Gasteiger partial charge in [-0.25, -0.2) is 13.8 Å². The fraction of sp³-hybridized carbons (Fsp3) is 0.222. The van der Waals surface area contributed by atoms with Crippen molar-refractivity contribution in [2.45, 2.75) is 24.8 Å². The van der Waals surface area contributed by atoms with Crippen LogP contribution in [0, 0.1) is 0 Å². The van der Waals surface area contributed by atoms with E-state index in [1.54, 1.807) is 60.7 Å². The SMILES string of the molecule is COc1cccc(N(CC(=O)N/N=C\c2ccc(OCC(=O)NC(C)C)cc2)S(=O)(=O)c2ccccc2)c1. The van der Waals surface area contributed by atoms with Crippen molar-refractivity contribution in [3.05, 3.63) is 84.4 Å². The minimum Gasteiger partial charge on any atom is -0.497 e. The van der Waals surface area contributed by atoms with Gasteiger partial charge in [0.1, 0.15) is 18.0 Å². The molecule has 0 aromatic heterocycles. The molecule has 0 radical (unpaired) electrons. The number of carbonyl (C=O) groups is 2. The first-order valence-corrected chi connectivity index (χ1v) is 13.2.